The average Bonchev–Trinajstić information content (AvgIpc) is 2.88. The molecule has 2 aromatic heterocycles. The number of anilines is 1. The summed E-state index contributed by atoms with van der Waals surface area (Å²) in [6.07, 6.45) is 10.8. The lowest BCUT2D eigenvalue weighted by Gasteiger charge is -2.20. The normalized spacial score (nSPS) is 17.8. The number of likely N-dealkylation sites (tertiary alicyclic amines) is 1. The molecule has 3 heterocycles. The van der Waals surface area contributed by atoms with Gasteiger partial charge < -0.3 is 10.2 Å². The maximum Gasteiger partial charge on any atom is 0.274 e. The maximum atomic E-state index is 12.6. The zero-order valence-corrected chi connectivity index (χ0v) is 14.8. The number of hydrogen-bond acceptors (Lipinski definition) is 6. The summed E-state index contributed by atoms with van der Waals surface area (Å²) in [6.45, 7) is 3.39. The van der Waals surface area contributed by atoms with E-state index in [1.807, 2.05) is 25.1 Å². The van der Waals surface area contributed by atoms with E-state index >= 15 is 0 Å². The van der Waals surface area contributed by atoms with Gasteiger partial charge in [-0.1, -0.05) is 0 Å². The van der Waals surface area contributed by atoms with Crippen molar-refractivity contribution >= 4 is 11.7 Å². The molecule has 1 atom stereocenters. The van der Waals surface area contributed by atoms with Crippen LogP contribution in [0.25, 0.3) is 0 Å². The SMILES string of the molecule is CNc1cnc(C[C@@H]2CCCN(C(=O)c3cnc(C)cn3)CC2)cn1. The zero-order valence-electron chi connectivity index (χ0n) is 14.8. The summed E-state index contributed by atoms with van der Waals surface area (Å²) >= 11 is 0. The molecule has 0 spiro atoms. The average molecular weight is 340 g/mol. The van der Waals surface area contributed by atoms with Crippen molar-refractivity contribution in [3.8, 4) is 0 Å². The molecule has 3 rings (SSSR count). The van der Waals surface area contributed by atoms with Crippen molar-refractivity contribution in [2.24, 2.45) is 5.92 Å². The first-order valence-corrected chi connectivity index (χ1v) is 8.72. The second-order valence-corrected chi connectivity index (χ2v) is 6.48. The summed E-state index contributed by atoms with van der Waals surface area (Å²) in [6, 6.07) is 0. The van der Waals surface area contributed by atoms with Crippen LogP contribution in [-0.4, -0.2) is 50.9 Å². The van der Waals surface area contributed by atoms with Gasteiger partial charge in [0, 0.05) is 26.3 Å². The Kier molecular flexibility index (Phi) is 5.53. The number of nitrogens with one attached hydrogen (secondary N) is 1. The van der Waals surface area contributed by atoms with Gasteiger partial charge in [-0.05, 0) is 38.5 Å². The smallest absolute Gasteiger partial charge is 0.274 e. The Morgan fingerprint density at radius 2 is 2.00 bits per heavy atom. The second-order valence-electron chi connectivity index (χ2n) is 6.48. The van der Waals surface area contributed by atoms with Gasteiger partial charge in [-0.3, -0.25) is 14.8 Å². The topological polar surface area (TPSA) is 83.9 Å². The van der Waals surface area contributed by atoms with Crippen LogP contribution in [0.2, 0.25) is 0 Å². The van der Waals surface area contributed by atoms with Crippen molar-refractivity contribution in [1.29, 1.82) is 0 Å². The van der Waals surface area contributed by atoms with Gasteiger partial charge in [-0.25, -0.2) is 9.97 Å². The summed E-state index contributed by atoms with van der Waals surface area (Å²) in [4.78, 5) is 31.7. The monoisotopic (exact) mass is 340 g/mol. The Morgan fingerprint density at radius 3 is 2.68 bits per heavy atom. The van der Waals surface area contributed by atoms with E-state index in [9.17, 15) is 4.79 Å². The van der Waals surface area contributed by atoms with Gasteiger partial charge in [0.1, 0.15) is 11.5 Å². The van der Waals surface area contributed by atoms with E-state index in [2.05, 4.69) is 25.3 Å². The van der Waals surface area contributed by atoms with Gasteiger partial charge in [0.05, 0.1) is 30.0 Å². The summed E-state index contributed by atoms with van der Waals surface area (Å²) in [5.74, 6) is 1.28. The summed E-state index contributed by atoms with van der Waals surface area (Å²) in [7, 11) is 1.83. The third-order valence-electron chi connectivity index (χ3n) is 4.59. The Hall–Kier alpha value is -2.57. The zero-order chi connectivity index (χ0) is 17.6. The van der Waals surface area contributed by atoms with Gasteiger partial charge in [0.25, 0.3) is 5.91 Å². The van der Waals surface area contributed by atoms with Crippen molar-refractivity contribution in [2.75, 3.05) is 25.5 Å². The van der Waals surface area contributed by atoms with Crippen molar-refractivity contribution in [1.82, 2.24) is 24.8 Å². The highest BCUT2D eigenvalue weighted by Crippen LogP contribution is 2.22. The molecule has 1 N–H and O–H groups in total. The van der Waals surface area contributed by atoms with Crippen LogP contribution >= 0.6 is 0 Å². The summed E-state index contributed by atoms with van der Waals surface area (Å²) < 4.78 is 0. The molecule has 0 aromatic carbocycles. The van der Waals surface area contributed by atoms with Crippen LogP contribution in [0.15, 0.2) is 24.8 Å². The van der Waals surface area contributed by atoms with Gasteiger partial charge in [-0.15, -0.1) is 0 Å². The minimum atomic E-state index is -0.0219. The standard InChI is InChI=1S/C18H24N6O/c1-13-9-22-16(11-20-13)18(25)24-6-3-4-14(5-7-24)8-15-10-23-17(19-2)12-21-15/h9-12,14H,3-8H2,1-2H3,(H,19,23)/t14-/m1/s1. The first kappa shape index (κ1) is 17.3. The molecule has 7 nitrogen and oxygen atoms in total. The molecule has 1 amide bonds. The first-order chi connectivity index (χ1) is 12.2. The first-order valence-electron chi connectivity index (χ1n) is 8.72. The second kappa shape index (κ2) is 8.00. The lowest BCUT2D eigenvalue weighted by molar-refractivity contribution is 0.0753. The van der Waals surface area contributed by atoms with Gasteiger partial charge in [0.2, 0.25) is 0 Å². The van der Waals surface area contributed by atoms with E-state index < -0.39 is 0 Å². The number of nitrogens with zero attached hydrogens (tertiary/aromatic N) is 5. The third kappa shape index (κ3) is 4.49. The molecule has 7 heteroatoms. The fraction of sp³-hybridized carbons (Fsp3) is 0.500. The highest BCUT2D eigenvalue weighted by atomic mass is 16.2. The largest absolute Gasteiger partial charge is 0.372 e. The van der Waals surface area contributed by atoms with E-state index in [1.165, 1.54) is 0 Å². The molecular formula is C18H24N6O. The fourth-order valence-electron chi connectivity index (χ4n) is 3.12. The van der Waals surface area contributed by atoms with Crippen LogP contribution in [0.4, 0.5) is 5.82 Å². The highest BCUT2D eigenvalue weighted by Gasteiger charge is 2.23. The van der Waals surface area contributed by atoms with Gasteiger partial charge in [0.15, 0.2) is 0 Å². The van der Waals surface area contributed by atoms with Crippen molar-refractivity contribution in [3.63, 3.8) is 0 Å². The van der Waals surface area contributed by atoms with Crippen molar-refractivity contribution in [3.05, 3.63) is 41.9 Å². The van der Waals surface area contributed by atoms with E-state index in [0.29, 0.717) is 11.6 Å². The van der Waals surface area contributed by atoms with E-state index in [1.54, 1.807) is 18.6 Å². The lowest BCUT2D eigenvalue weighted by atomic mass is 9.95. The van der Waals surface area contributed by atoms with Crippen LogP contribution < -0.4 is 5.32 Å². The quantitative estimate of drug-likeness (QED) is 0.917. The number of hydrogen-bond donors (Lipinski definition) is 1. The maximum absolute atomic E-state index is 12.6. The predicted molar refractivity (Wildman–Crippen MR) is 95.3 cm³/mol. The van der Waals surface area contributed by atoms with Crippen LogP contribution in [0, 0.1) is 12.8 Å². The molecule has 2 aromatic rings. The Balaban J connectivity index is 1.57. The molecular weight excluding hydrogens is 316 g/mol. The van der Waals surface area contributed by atoms with Crippen LogP contribution in [0.3, 0.4) is 0 Å². The number of carbonyl (C=O) groups is 1. The van der Waals surface area contributed by atoms with Gasteiger partial charge >= 0.3 is 0 Å². The van der Waals surface area contributed by atoms with Crippen molar-refractivity contribution < 1.29 is 4.79 Å². The Labute approximate surface area is 147 Å². The molecule has 132 valence electrons. The molecule has 0 saturated carbocycles. The summed E-state index contributed by atoms with van der Waals surface area (Å²) in [5.41, 5.74) is 2.25. The van der Waals surface area contributed by atoms with E-state index in [4.69, 9.17) is 0 Å². The molecule has 0 aliphatic carbocycles. The molecule has 1 aliphatic rings. The van der Waals surface area contributed by atoms with Crippen molar-refractivity contribution in [2.45, 2.75) is 32.6 Å². The third-order valence-corrected chi connectivity index (χ3v) is 4.59. The highest BCUT2D eigenvalue weighted by molar-refractivity contribution is 5.92. The van der Waals surface area contributed by atoms with Crippen LogP contribution in [0.1, 0.15) is 41.1 Å². The molecule has 0 radical (unpaired) electrons. The van der Waals surface area contributed by atoms with Crippen LogP contribution in [0.5, 0.6) is 0 Å². The molecule has 1 saturated heterocycles. The lowest BCUT2D eigenvalue weighted by Crippen LogP contribution is -2.32. The molecule has 1 fully saturated rings. The molecule has 1 aliphatic heterocycles. The Bertz CT molecular complexity index is 701. The Morgan fingerprint density at radius 1 is 1.12 bits per heavy atom. The van der Waals surface area contributed by atoms with E-state index in [-0.39, 0.29) is 5.91 Å². The number of amides is 1. The molecule has 0 unspecified atom stereocenters. The predicted octanol–water partition coefficient (Wildman–Crippen LogP) is 2.10. The molecule has 25 heavy (non-hydrogen) atoms. The van der Waals surface area contributed by atoms with Gasteiger partial charge in [-0.2, -0.15) is 0 Å². The number of aromatic nitrogens is 4. The minimum Gasteiger partial charge on any atom is -0.372 e. The molecule has 0 bridgehead atoms. The van der Waals surface area contributed by atoms with E-state index in [0.717, 1.165) is 56.0 Å². The number of carbonyl (C=O) groups excluding carboxylic acids is 1. The number of rotatable bonds is 4. The number of aryl methyl sites for hydroxylation is 1. The minimum absolute atomic E-state index is 0.0219. The van der Waals surface area contributed by atoms with Crippen LogP contribution in [-0.2, 0) is 6.42 Å². The summed E-state index contributed by atoms with van der Waals surface area (Å²) in [5, 5.41) is 2.98. The fourth-order valence-corrected chi connectivity index (χ4v) is 3.12.